The average Bonchev–Trinajstić information content (AvgIpc) is 2.72. The van der Waals surface area contributed by atoms with Crippen LogP contribution >= 0.6 is 0 Å². The van der Waals surface area contributed by atoms with E-state index in [9.17, 15) is 9.59 Å². The third kappa shape index (κ3) is 4.82. The Morgan fingerprint density at radius 2 is 1.70 bits per heavy atom. The molecule has 30 heavy (non-hydrogen) atoms. The molecule has 1 heterocycles. The fourth-order valence-corrected chi connectivity index (χ4v) is 3.46. The van der Waals surface area contributed by atoms with Gasteiger partial charge in [0.25, 0.3) is 11.5 Å². The van der Waals surface area contributed by atoms with Gasteiger partial charge in [-0.2, -0.15) is 0 Å². The fourth-order valence-electron chi connectivity index (χ4n) is 3.46. The molecule has 0 aliphatic heterocycles. The summed E-state index contributed by atoms with van der Waals surface area (Å²) < 4.78 is 10.6. The lowest BCUT2D eigenvalue weighted by Gasteiger charge is -2.25. The maximum absolute atomic E-state index is 13.3. The predicted molar refractivity (Wildman–Crippen MR) is 118 cm³/mol. The molecule has 1 amide bonds. The Morgan fingerprint density at radius 3 is 2.30 bits per heavy atom. The van der Waals surface area contributed by atoms with Crippen molar-refractivity contribution in [1.82, 2.24) is 9.88 Å². The van der Waals surface area contributed by atoms with Gasteiger partial charge in [0.15, 0.2) is 0 Å². The summed E-state index contributed by atoms with van der Waals surface area (Å²) >= 11 is 0. The summed E-state index contributed by atoms with van der Waals surface area (Å²) in [6.45, 7) is 6.80. The standard InChI is InChI=1S/C24H28N2O4/c1-15(2)13-26(24(28)18-10-20(29-4)12-21(11-18)30-5)14-19-9-17-7-6-16(3)8-22(17)25-23(19)27/h6-12,15H,13-14H2,1-5H3,(H,25,27). The molecule has 0 spiro atoms. The van der Waals surface area contributed by atoms with Gasteiger partial charge in [-0.15, -0.1) is 0 Å². The normalized spacial score (nSPS) is 11.0. The van der Waals surface area contributed by atoms with Crippen LogP contribution in [0.2, 0.25) is 0 Å². The number of ether oxygens (including phenoxy) is 2. The van der Waals surface area contributed by atoms with Gasteiger partial charge in [0.1, 0.15) is 11.5 Å². The summed E-state index contributed by atoms with van der Waals surface area (Å²) in [7, 11) is 3.09. The van der Waals surface area contributed by atoms with Crippen LogP contribution in [0.15, 0.2) is 47.3 Å². The second-order valence-electron chi connectivity index (χ2n) is 7.90. The van der Waals surface area contributed by atoms with Gasteiger partial charge in [0, 0.05) is 29.3 Å². The van der Waals surface area contributed by atoms with E-state index in [0.717, 1.165) is 16.5 Å². The number of nitrogens with zero attached hydrogens (tertiary/aromatic N) is 1. The van der Waals surface area contributed by atoms with Crippen molar-refractivity contribution in [2.45, 2.75) is 27.3 Å². The van der Waals surface area contributed by atoms with Gasteiger partial charge in [-0.05, 0) is 48.1 Å². The number of methoxy groups -OCH3 is 2. The molecule has 1 N–H and O–H groups in total. The lowest BCUT2D eigenvalue weighted by Crippen LogP contribution is -2.35. The topological polar surface area (TPSA) is 71.6 Å². The number of hydrogen-bond donors (Lipinski definition) is 1. The van der Waals surface area contributed by atoms with E-state index in [1.165, 1.54) is 0 Å². The lowest BCUT2D eigenvalue weighted by atomic mass is 10.1. The van der Waals surface area contributed by atoms with Crippen LogP contribution in [0.5, 0.6) is 11.5 Å². The average molecular weight is 408 g/mol. The van der Waals surface area contributed by atoms with Gasteiger partial charge in [-0.1, -0.05) is 26.0 Å². The van der Waals surface area contributed by atoms with Crippen LogP contribution in [0.4, 0.5) is 0 Å². The number of amides is 1. The number of aryl methyl sites for hydroxylation is 1. The quantitative estimate of drug-likeness (QED) is 0.637. The van der Waals surface area contributed by atoms with E-state index in [1.54, 1.807) is 37.3 Å². The van der Waals surface area contributed by atoms with Gasteiger partial charge < -0.3 is 19.4 Å². The number of fused-ring (bicyclic) bond motifs is 1. The van der Waals surface area contributed by atoms with Crippen molar-refractivity contribution in [2.24, 2.45) is 5.92 Å². The van der Waals surface area contributed by atoms with E-state index < -0.39 is 0 Å². The molecule has 1 aromatic heterocycles. The molecule has 0 unspecified atom stereocenters. The van der Waals surface area contributed by atoms with E-state index in [-0.39, 0.29) is 23.9 Å². The molecular weight excluding hydrogens is 380 g/mol. The molecule has 3 aromatic rings. The minimum Gasteiger partial charge on any atom is -0.497 e. The molecule has 0 radical (unpaired) electrons. The van der Waals surface area contributed by atoms with Gasteiger partial charge in [0.05, 0.1) is 20.8 Å². The van der Waals surface area contributed by atoms with Crippen molar-refractivity contribution in [3.8, 4) is 11.5 Å². The third-order valence-electron chi connectivity index (χ3n) is 4.91. The monoisotopic (exact) mass is 408 g/mol. The number of benzene rings is 2. The Labute approximate surface area is 176 Å². The van der Waals surface area contributed by atoms with Crippen LogP contribution in [0.3, 0.4) is 0 Å². The van der Waals surface area contributed by atoms with E-state index in [1.807, 2.05) is 45.0 Å². The van der Waals surface area contributed by atoms with Crippen LogP contribution in [0, 0.1) is 12.8 Å². The Balaban J connectivity index is 1.98. The zero-order chi connectivity index (χ0) is 21.8. The first-order valence-electron chi connectivity index (χ1n) is 9.95. The minimum atomic E-state index is -0.183. The molecular formula is C24H28N2O4. The number of H-pyrrole nitrogens is 1. The van der Waals surface area contributed by atoms with E-state index in [4.69, 9.17) is 9.47 Å². The first-order valence-corrected chi connectivity index (χ1v) is 9.95. The van der Waals surface area contributed by atoms with Gasteiger partial charge >= 0.3 is 0 Å². The molecule has 0 fully saturated rings. The highest BCUT2D eigenvalue weighted by Gasteiger charge is 2.20. The predicted octanol–water partition coefficient (Wildman–Crippen LogP) is 4.15. The Kier molecular flexibility index (Phi) is 6.45. The summed E-state index contributed by atoms with van der Waals surface area (Å²) in [5.74, 6) is 1.15. The van der Waals surface area contributed by atoms with Crippen molar-refractivity contribution in [2.75, 3.05) is 20.8 Å². The fraction of sp³-hybridized carbons (Fsp3) is 0.333. The van der Waals surface area contributed by atoms with Gasteiger partial charge in [-0.25, -0.2) is 0 Å². The lowest BCUT2D eigenvalue weighted by molar-refractivity contribution is 0.0721. The van der Waals surface area contributed by atoms with Crippen LogP contribution in [-0.4, -0.2) is 36.6 Å². The molecule has 0 saturated heterocycles. The number of rotatable bonds is 7. The number of aromatic amines is 1. The highest BCUT2D eigenvalue weighted by atomic mass is 16.5. The highest BCUT2D eigenvalue weighted by Crippen LogP contribution is 2.24. The van der Waals surface area contributed by atoms with Crippen LogP contribution in [-0.2, 0) is 6.54 Å². The highest BCUT2D eigenvalue weighted by molar-refractivity contribution is 5.95. The zero-order valence-corrected chi connectivity index (χ0v) is 18.1. The van der Waals surface area contributed by atoms with Gasteiger partial charge in [-0.3, -0.25) is 9.59 Å². The summed E-state index contributed by atoms with van der Waals surface area (Å²) in [4.78, 5) is 30.7. The molecule has 158 valence electrons. The first kappa shape index (κ1) is 21.4. The smallest absolute Gasteiger partial charge is 0.254 e. The molecule has 2 aromatic carbocycles. The number of carbonyl (C=O) groups is 1. The third-order valence-corrected chi connectivity index (χ3v) is 4.91. The number of hydrogen-bond acceptors (Lipinski definition) is 4. The second kappa shape index (κ2) is 9.03. The number of pyridine rings is 1. The van der Waals surface area contributed by atoms with Crippen molar-refractivity contribution in [1.29, 1.82) is 0 Å². The van der Waals surface area contributed by atoms with Crippen molar-refractivity contribution in [3.05, 3.63) is 69.5 Å². The number of aromatic nitrogens is 1. The van der Waals surface area contributed by atoms with E-state index in [0.29, 0.717) is 29.2 Å². The molecule has 6 nitrogen and oxygen atoms in total. The van der Waals surface area contributed by atoms with E-state index >= 15 is 0 Å². The molecule has 0 atom stereocenters. The first-order chi connectivity index (χ1) is 14.3. The molecule has 0 bridgehead atoms. The maximum Gasteiger partial charge on any atom is 0.254 e. The Bertz CT molecular complexity index is 1100. The summed E-state index contributed by atoms with van der Waals surface area (Å²) in [6, 6.07) is 12.9. The van der Waals surface area contributed by atoms with Crippen molar-refractivity contribution in [3.63, 3.8) is 0 Å². The maximum atomic E-state index is 13.3. The van der Waals surface area contributed by atoms with Gasteiger partial charge in [0.2, 0.25) is 0 Å². The Hall–Kier alpha value is -3.28. The Morgan fingerprint density at radius 1 is 1.03 bits per heavy atom. The minimum absolute atomic E-state index is 0.177. The largest absolute Gasteiger partial charge is 0.497 e. The molecule has 0 aliphatic carbocycles. The summed E-state index contributed by atoms with van der Waals surface area (Å²) in [5.41, 5.74) is 2.70. The zero-order valence-electron chi connectivity index (χ0n) is 18.1. The summed E-state index contributed by atoms with van der Waals surface area (Å²) in [5, 5.41) is 0.940. The van der Waals surface area contributed by atoms with Crippen molar-refractivity contribution >= 4 is 16.8 Å². The molecule has 3 rings (SSSR count). The summed E-state index contributed by atoms with van der Waals surface area (Å²) in [6.07, 6.45) is 0. The second-order valence-corrected chi connectivity index (χ2v) is 7.90. The molecule has 0 aliphatic rings. The number of nitrogens with one attached hydrogen (secondary N) is 1. The van der Waals surface area contributed by atoms with E-state index in [2.05, 4.69) is 4.98 Å². The van der Waals surface area contributed by atoms with Crippen molar-refractivity contribution < 1.29 is 14.3 Å². The molecule has 6 heteroatoms. The van der Waals surface area contributed by atoms with Crippen LogP contribution < -0.4 is 15.0 Å². The van der Waals surface area contributed by atoms with Crippen LogP contribution in [0.25, 0.3) is 10.9 Å². The number of carbonyl (C=O) groups excluding carboxylic acids is 1. The molecule has 0 saturated carbocycles. The SMILES string of the molecule is COc1cc(OC)cc(C(=O)N(Cc2cc3ccc(C)cc3[nH]c2=O)CC(C)C)c1. The van der Waals surface area contributed by atoms with Crippen LogP contribution in [0.1, 0.15) is 35.3 Å².